The van der Waals surface area contributed by atoms with Crippen LogP contribution in [0.15, 0.2) is 66.1 Å². The number of nitrogens with zero attached hydrogens (tertiary/aromatic N) is 1. The fraction of sp³-hybridized carbons (Fsp3) is 0.286. The van der Waals surface area contributed by atoms with Crippen LogP contribution in [0.5, 0.6) is 0 Å². The number of hydrogen-bond acceptors (Lipinski definition) is 5. The summed E-state index contributed by atoms with van der Waals surface area (Å²) in [5, 5.41) is 0. The number of rotatable bonds is 6. The molecule has 1 N–H and O–H groups in total. The number of sulfonamides is 1. The lowest BCUT2D eigenvalue weighted by Crippen LogP contribution is -2.43. The second-order valence-electron chi connectivity index (χ2n) is 7.70. The normalized spacial score (nSPS) is 17.5. The van der Waals surface area contributed by atoms with Gasteiger partial charge in [0.1, 0.15) is 6.54 Å². The van der Waals surface area contributed by atoms with Crippen molar-refractivity contribution in [2.75, 3.05) is 10.8 Å². The average Bonchev–Trinajstić information content (AvgIpc) is 2.98. The largest absolute Gasteiger partial charge is 0.435 e. The Morgan fingerprint density at radius 3 is 2.37 bits per heavy atom. The number of hydrogen-bond donors (Lipinski definition) is 1. The molecular weight excluding hydrogens is 424 g/mol. The van der Waals surface area contributed by atoms with Crippen molar-refractivity contribution in [3.05, 3.63) is 66.7 Å². The van der Waals surface area contributed by atoms with Crippen molar-refractivity contribution in [3.8, 4) is 0 Å². The van der Waals surface area contributed by atoms with E-state index in [2.05, 4.69) is 11.3 Å². The van der Waals surface area contributed by atoms with E-state index < -0.39 is 38.0 Å². The van der Waals surface area contributed by atoms with Crippen molar-refractivity contribution in [1.29, 1.82) is 0 Å². The summed E-state index contributed by atoms with van der Waals surface area (Å²) in [7, 11) is -5.49. The van der Waals surface area contributed by atoms with Gasteiger partial charge in [-0.25, -0.2) is 21.7 Å². The summed E-state index contributed by atoms with van der Waals surface area (Å²) < 4.78 is 47.5. The van der Waals surface area contributed by atoms with Crippen LogP contribution in [0.25, 0.3) is 5.57 Å². The van der Waals surface area contributed by atoms with Crippen LogP contribution in [-0.4, -0.2) is 36.1 Å². The van der Waals surface area contributed by atoms with E-state index in [1.54, 1.807) is 63.2 Å². The standard InChI is InChI=1S/C21H24N2O5S2/c1-15-17-12-8-9-13-18(17)23(30(26,27)16-10-6-5-7-11-16)20(15)28-19(24)14-22-29(25)21(2,3)4/h5-13,20,22H,1,14H2,2-4H3. The summed E-state index contributed by atoms with van der Waals surface area (Å²) in [6, 6.07) is 14.8. The molecule has 0 amide bonds. The van der Waals surface area contributed by atoms with Crippen LogP contribution in [-0.2, 0) is 30.5 Å². The van der Waals surface area contributed by atoms with Gasteiger partial charge in [-0.2, -0.15) is 0 Å². The lowest BCUT2D eigenvalue weighted by atomic mass is 10.1. The molecule has 1 heterocycles. The number of para-hydroxylation sites is 1. The van der Waals surface area contributed by atoms with Gasteiger partial charge in [-0.1, -0.05) is 43.0 Å². The second-order valence-corrected chi connectivity index (χ2v) is 11.6. The van der Waals surface area contributed by atoms with E-state index in [4.69, 9.17) is 4.74 Å². The van der Waals surface area contributed by atoms with Crippen LogP contribution in [0.2, 0.25) is 0 Å². The molecule has 160 valence electrons. The van der Waals surface area contributed by atoms with E-state index in [-0.39, 0.29) is 11.4 Å². The second kappa shape index (κ2) is 8.33. The van der Waals surface area contributed by atoms with E-state index in [0.29, 0.717) is 16.8 Å². The van der Waals surface area contributed by atoms with Crippen molar-refractivity contribution < 1.29 is 22.2 Å². The smallest absolute Gasteiger partial charge is 0.323 e. The van der Waals surface area contributed by atoms with E-state index in [1.807, 2.05) is 0 Å². The minimum atomic E-state index is -4.02. The first kappa shape index (κ1) is 22.2. The van der Waals surface area contributed by atoms with Gasteiger partial charge in [0, 0.05) is 11.1 Å². The van der Waals surface area contributed by atoms with Crippen molar-refractivity contribution >= 4 is 38.2 Å². The number of carbonyl (C=O) groups is 1. The molecule has 30 heavy (non-hydrogen) atoms. The Balaban J connectivity index is 1.90. The molecule has 2 unspecified atom stereocenters. The molecule has 0 radical (unpaired) electrons. The fourth-order valence-electron chi connectivity index (χ4n) is 2.93. The van der Waals surface area contributed by atoms with Crippen LogP contribution in [0.4, 0.5) is 5.69 Å². The van der Waals surface area contributed by atoms with Gasteiger partial charge in [0.25, 0.3) is 10.0 Å². The van der Waals surface area contributed by atoms with E-state index in [1.165, 1.54) is 12.1 Å². The van der Waals surface area contributed by atoms with Crippen LogP contribution < -0.4 is 9.03 Å². The number of fused-ring (bicyclic) bond motifs is 1. The first-order valence-electron chi connectivity index (χ1n) is 9.26. The Morgan fingerprint density at radius 1 is 1.13 bits per heavy atom. The number of nitrogens with one attached hydrogen (secondary N) is 1. The molecule has 9 heteroatoms. The van der Waals surface area contributed by atoms with Crippen molar-refractivity contribution in [2.45, 2.75) is 36.6 Å². The van der Waals surface area contributed by atoms with Gasteiger partial charge in [-0.3, -0.25) is 4.79 Å². The summed E-state index contributed by atoms with van der Waals surface area (Å²) in [5.74, 6) is -0.736. The minimum absolute atomic E-state index is 0.0718. The maximum atomic E-state index is 13.4. The van der Waals surface area contributed by atoms with Gasteiger partial charge in [-0.15, -0.1) is 0 Å². The van der Waals surface area contributed by atoms with Crippen molar-refractivity contribution in [3.63, 3.8) is 0 Å². The van der Waals surface area contributed by atoms with Gasteiger partial charge in [0.05, 0.1) is 26.3 Å². The molecule has 2 aromatic rings. The average molecular weight is 449 g/mol. The number of anilines is 1. The molecule has 0 bridgehead atoms. The minimum Gasteiger partial charge on any atom is -0.435 e. The summed E-state index contributed by atoms with van der Waals surface area (Å²) in [5.41, 5.74) is 1.33. The Kier molecular flexibility index (Phi) is 6.16. The highest BCUT2D eigenvalue weighted by Crippen LogP contribution is 2.43. The highest BCUT2D eigenvalue weighted by Gasteiger charge is 2.43. The van der Waals surface area contributed by atoms with Crippen LogP contribution >= 0.6 is 0 Å². The zero-order valence-corrected chi connectivity index (χ0v) is 18.6. The molecular formula is C21H24N2O5S2. The SMILES string of the molecule is C=C1c2ccccc2N(S(=O)(=O)c2ccccc2)C1OC(=O)CNS(=O)C(C)(C)C. The Hall–Kier alpha value is -2.49. The summed E-state index contributed by atoms with van der Waals surface area (Å²) in [4.78, 5) is 12.5. The molecule has 7 nitrogen and oxygen atoms in total. The molecule has 0 saturated heterocycles. The third-order valence-electron chi connectivity index (χ3n) is 4.45. The molecule has 0 fully saturated rings. The first-order chi connectivity index (χ1) is 14.0. The lowest BCUT2D eigenvalue weighted by Gasteiger charge is -2.27. The topological polar surface area (TPSA) is 92.8 Å². The Labute approximate surface area is 179 Å². The third-order valence-corrected chi connectivity index (χ3v) is 7.74. The number of carbonyl (C=O) groups excluding carboxylic acids is 1. The molecule has 0 spiro atoms. The van der Waals surface area contributed by atoms with Crippen LogP contribution in [0, 0.1) is 0 Å². The highest BCUT2D eigenvalue weighted by molar-refractivity contribution is 7.93. The molecule has 0 saturated carbocycles. The molecule has 0 aromatic heterocycles. The molecule has 2 aromatic carbocycles. The van der Waals surface area contributed by atoms with Crippen molar-refractivity contribution in [2.24, 2.45) is 0 Å². The van der Waals surface area contributed by atoms with Gasteiger partial charge in [0.15, 0.2) is 0 Å². The molecule has 1 aliphatic heterocycles. The molecule has 1 aliphatic rings. The summed E-state index contributed by atoms with van der Waals surface area (Å²) in [6.45, 7) is 8.93. The predicted molar refractivity (Wildman–Crippen MR) is 117 cm³/mol. The molecule has 2 atom stereocenters. The van der Waals surface area contributed by atoms with Gasteiger partial charge >= 0.3 is 5.97 Å². The Morgan fingerprint density at radius 2 is 1.73 bits per heavy atom. The third kappa shape index (κ3) is 4.33. The maximum absolute atomic E-state index is 13.4. The van der Waals surface area contributed by atoms with E-state index in [9.17, 15) is 17.4 Å². The zero-order valence-electron chi connectivity index (χ0n) is 17.0. The number of esters is 1. The van der Waals surface area contributed by atoms with Crippen LogP contribution in [0.3, 0.4) is 0 Å². The summed E-state index contributed by atoms with van der Waals surface area (Å²) >= 11 is 0. The van der Waals surface area contributed by atoms with Crippen molar-refractivity contribution in [1.82, 2.24) is 4.72 Å². The molecule has 0 aliphatic carbocycles. The summed E-state index contributed by atoms with van der Waals surface area (Å²) in [6.07, 6.45) is -1.23. The number of benzene rings is 2. The van der Waals surface area contributed by atoms with E-state index >= 15 is 0 Å². The van der Waals surface area contributed by atoms with Gasteiger partial charge in [-0.05, 0) is 39.0 Å². The maximum Gasteiger partial charge on any atom is 0.323 e. The monoisotopic (exact) mass is 448 g/mol. The predicted octanol–water partition coefficient (Wildman–Crippen LogP) is 2.83. The first-order valence-corrected chi connectivity index (χ1v) is 11.8. The highest BCUT2D eigenvalue weighted by atomic mass is 32.2. The Bertz CT molecular complexity index is 1090. The molecule has 3 rings (SSSR count). The lowest BCUT2D eigenvalue weighted by molar-refractivity contribution is -0.144. The fourth-order valence-corrected chi connectivity index (χ4v) is 5.18. The van der Waals surface area contributed by atoms with Crippen LogP contribution in [0.1, 0.15) is 26.3 Å². The quantitative estimate of drug-likeness (QED) is 0.686. The van der Waals surface area contributed by atoms with E-state index in [0.717, 1.165) is 4.31 Å². The van der Waals surface area contributed by atoms with Gasteiger partial charge in [0.2, 0.25) is 6.23 Å². The number of ether oxygens (including phenoxy) is 1. The van der Waals surface area contributed by atoms with Gasteiger partial charge < -0.3 is 4.74 Å². The zero-order chi connectivity index (χ0) is 22.1.